The quantitative estimate of drug-likeness (QED) is 0.441. The second kappa shape index (κ2) is 11.4. The Hall–Kier alpha value is -3.04. The third-order valence-electron chi connectivity index (χ3n) is 4.71. The first-order chi connectivity index (χ1) is 15.2. The van der Waals surface area contributed by atoms with Crippen LogP contribution in [0.25, 0.3) is 22.3 Å². The van der Waals surface area contributed by atoms with E-state index < -0.39 is 0 Å². The number of pyridine rings is 2. The maximum absolute atomic E-state index is 13.1. The van der Waals surface area contributed by atoms with E-state index in [2.05, 4.69) is 27.2 Å². The second-order valence-electron chi connectivity index (χ2n) is 6.96. The Bertz CT molecular complexity index is 1040. The summed E-state index contributed by atoms with van der Waals surface area (Å²) in [4.78, 5) is 26.4. The molecule has 0 amide bonds. The summed E-state index contributed by atoms with van der Waals surface area (Å²) in [5.74, 6) is 0.818. The van der Waals surface area contributed by atoms with Gasteiger partial charge in [-0.15, -0.1) is 0 Å². The number of aromatic nitrogens is 4. The molecule has 31 heavy (non-hydrogen) atoms. The molecule has 0 fully saturated rings. The van der Waals surface area contributed by atoms with E-state index in [1.807, 2.05) is 12.1 Å². The molecule has 0 aliphatic rings. The van der Waals surface area contributed by atoms with Crippen LogP contribution in [0.2, 0.25) is 0 Å². The van der Waals surface area contributed by atoms with Crippen LogP contribution >= 0.6 is 0 Å². The molecule has 9 nitrogen and oxygen atoms in total. The summed E-state index contributed by atoms with van der Waals surface area (Å²) < 4.78 is 17.5. The molecule has 0 atom stereocenters. The van der Waals surface area contributed by atoms with Crippen LogP contribution in [0.3, 0.4) is 0 Å². The van der Waals surface area contributed by atoms with Crippen molar-refractivity contribution < 1.29 is 14.2 Å². The molecule has 3 rings (SSSR count). The third-order valence-corrected chi connectivity index (χ3v) is 4.71. The number of ether oxygens (including phenoxy) is 3. The number of methoxy groups -OCH3 is 2. The van der Waals surface area contributed by atoms with Crippen molar-refractivity contribution in [3.05, 3.63) is 40.9 Å². The van der Waals surface area contributed by atoms with Gasteiger partial charge in [0.2, 0.25) is 5.88 Å². The van der Waals surface area contributed by atoms with E-state index in [9.17, 15) is 4.79 Å². The number of nitrogens with zero attached hydrogens (tertiary/aromatic N) is 4. The summed E-state index contributed by atoms with van der Waals surface area (Å²) in [6, 6.07) is 5.60. The lowest BCUT2D eigenvalue weighted by atomic mass is 10.1. The molecule has 3 aromatic heterocycles. The number of fused-ring (bicyclic) bond motifs is 1. The van der Waals surface area contributed by atoms with Crippen molar-refractivity contribution in [1.29, 1.82) is 0 Å². The van der Waals surface area contributed by atoms with E-state index in [-0.39, 0.29) is 11.4 Å². The Morgan fingerprint density at radius 3 is 2.61 bits per heavy atom. The molecule has 3 heterocycles. The average molecular weight is 428 g/mol. The number of nitrogens with one attached hydrogen (secondary N) is 1. The molecule has 0 aliphatic heterocycles. The van der Waals surface area contributed by atoms with E-state index >= 15 is 0 Å². The molecule has 9 heteroatoms. The van der Waals surface area contributed by atoms with Crippen molar-refractivity contribution in [2.45, 2.75) is 26.3 Å². The summed E-state index contributed by atoms with van der Waals surface area (Å²) in [6.07, 6.45) is 5.14. The highest BCUT2D eigenvalue weighted by Crippen LogP contribution is 2.23. The lowest BCUT2D eigenvalue weighted by Crippen LogP contribution is -2.28. The minimum atomic E-state index is -0.197. The smallest absolute Gasteiger partial charge is 0.293 e. The Balaban J connectivity index is 1.97. The van der Waals surface area contributed by atoms with Gasteiger partial charge in [0.05, 0.1) is 19.2 Å². The van der Waals surface area contributed by atoms with Crippen molar-refractivity contribution in [3.8, 4) is 17.0 Å². The summed E-state index contributed by atoms with van der Waals surface area (Å²) in [6.45, 7) is 4.75. The van der Waals surface area contributed by atoms with Gasteiger partial charge in [0, 0.05) is 63.0 Å². The largest absolute Gasteiger partial charge is 0.481 e. The van der Waals surface area contributed by atoms with Crippen LogP contribution in [-0.2, 0) is 16.0 Å². The Kier molecular flexibility index (Phi) is 8.31. The number of anilines is 1. The van der Waals surface area contributed by atoms with Crippen molar-refractivity contribution in [3.63, 3.8) is 0 Å². The first-order valence-corrected chi connectivity index (χ1v) is 10.4. The third kappa shape index (κ3) is 5.77. The molecule has 0 unspecified atom stereocenters. The summed E-state index contributed by atoms with van der Waals surface area (Å²) >= 11 is 0. The zero-order valence-electron chi connectivity index (χ0n) is 18.3. The lowest BCUT2D eigenvalue weighted by Gasteiger charge is -2.14. The monoisotopic (exact) mass is 427 g/mol. The molecule has 0 aliphatic carbocycles. The van der Waals surface area contributed by atoms with Crippen LogP contribution in [0, 0.1) is 0 Å². The minimum Gasteiger partial charge on any atom is -0.481 e. The molecule has 0 spiro atoms. The highest BCUT2D eigenvalue weighted by Gasteiger charge is 2.13. The van der Waals surface area contributed by atoms with Crippen molar-refractivity contribution in [2.24, 2.45) is 0 Å². The van der Waals surface area contributed by atoms with Gasteiger partial charge < -0.3 is 19.5 Å². The van der Waals surface area contributed by atoms with Crippen LogP contribution in [0.4, 0.5) is 5.82 Å². The first-order valence-electron chi connectivity index (χ1n) is 10.4. The Labute approximate surface area is 181 Å². The average Bonchev–Trinajstić information content (AvgIpc) is 2.81. The van der Waals surface area contributed by atoms with Gasteiger partial charge in [-0.25, -0.2) is 15.0 Å². The predicted molar refractivity (Wildman–Crippen MR) is 120 cm³/mol. The zero-order valence-corrected chi connectivity index (χ0v) is 18.3. The molecule has 3 aromatic rings. The standard InChI is InChI=1S/C22H29N5O4/c1-4-10-31-12-9-27-18-13-17(16-6-7-19(30-3)24-14-16)15-25-20(18)26-21(22(27)28)23-8-5-11-29-2/h6-7,13-15H,4-5,8-12H2,1-3H3,(H,23,25,26). The predicted octanol–water partition coefficient (Wildman–Crippen LogP) is 2.74. The first kappa shape index (κ1) is 22.6. The highest BCUT2D eigenvalue weighted by molar-refractivity contribution is 5.78. The van der Waals surface area contributed by atoms with Gasteiger partial charge >= 0.3 is 0 Å². The van der Waals surface area contributed by atoms with E-state index in [0.717, 1.165) is 24.0 Å². The molecule has 0 bridgehead atoms. The van der Waals surface area contributed by atoms with Gasteiger partial charge in [-0.05, 0) is 25.0 Å². The van der Waals surface area contributed by atoms with Crippen molar-refractivity contribution in [2.75, 3.05) is 45.9 Å². The molecule has 0 saturated heterocycles. The van der Waals surface area contributed by atoms with Gasteiger partial charge in [-0.2, -0.15) is 0 Å². The normalized spacial score (nSPS) is 11.1. The molecule has 0 aromatic carbocycles. The number of hydrogen-bond acceptors (Lipinski definition) is 8. The summed E-state index contributed by atoms with van der Waals surface area (Å²) in [7, 11) is 3.23. The molecular formula is C22H29N5O4. The number of hydrogen-bond donors (Lipinski definition) is 1. The fourth-order valence-corrected chi connectivity index (χ4v) is 3.11. The minimum absolute atomic E-state index is 0.197. The van der Waals surface area contributed by atoms with Crippen LogP contribution in [0.5, 0.6) is 5.88 Å². The Morgan fingerprint density at radius 1 is 1.06 bits per heavy atom. The molecule has 1 N–H and O–H groups in total. The van der Waals surface area contributed by atoms with Gasteiger partial charge in [0.1, 0.15) is 0 Å². The highest BCUT2D eigenvalue weighted by atomic mass is 16.5. The second-order valence-corrected chi connectivity index (χ2v) is 6.96. The maximum Gasteiger partial charge on any atom is 0.293 e. The van der Waals surface area contributed by atoms with Crippen molar-refractivity contribution in [1.82, 2.24) is 19.5 Å². The molecule has 0 saturated carbocycles. The van der Waals surface area contributed by atoms with E-state index in [1.54, 1.807) is 37.2 Å². The van der Waals surface area contributed by atoms with Crippen LogP contribution < -0.4 is 15.6 Å². The van der Waals surface area contributed by atoms with Gasteiger partial charge in [0.15, 0.2) is 11.5 Å². The van der Waals surface area contributed by atoms with Crippen molar-refractivity contribution >= 4 is 17.0 Å². The maximum atomic E-state index is 13.1. The summed E-state index contributed by atoms with van der Waals surface area (Å²) in [5, 5.41) is 3.11. The van der Waals surface area contributed by atoms with Gasteiger partial charge in [0.25, 0.3) is 5.56 Å². The van der Waals surface area contributed by atoms with Gasteiger partial charge in [-0.3, -0.25) is 9.36 Å². The fourth-order valence-electron chi connectivity index (χ4n) is 3.11. The summed E-state index contributed by atoms with van der Waals surface area (Å²) in [5.41, 5.74) is 2.67. The van der Waals surface area contributed by atoms with Crippen LogP contribution in [0.1, 0.15) is 19.8 Å². The molecular weight excluding hydrogens is 398 g/mol. The molecule has 0 radical (unpaired) electrons. The van der Waals surface area contributed by atoms with Crippen LogP contribution in [-0.4, -0.2) is 60.1 Å². The van der Waals surface area contributed by atoms with Crippen LogP contribution in [0.15, 0.2) is 35.4 Å². The zero-order chi connectivity index (χ0) is 22.1. The topological polar surface area (TPSA) is 100 Å². The molecule has 166 valence electrons. The van der Waals surface area contributed by atoms with E-state index in [1.165, 1.54) is 0 Å². The Morgan fingerprint density at radius 2 is 1.90 bits per heavy atom. The van der Waals surface area contributed by atoms with E-state index in [0.29, 0.717) is 50.0 Å². The fraction of sp³-hybridized carbons (Fsp3) is 0.455. The van der Waals surface area contributed by atoms with Gasteiger partial charge in [-0.1, -0.05) is 6.92 Å². The SMILES string of the molecule is CCCOCCn1c(=O)c(NCCCOC)nc2ncc(-c3ccc(OC)nc3)cc21. The number of rotatable bonds is 12. The lowest BCUT2D eigenvalue weighted by molar-refractivity contribution is 0.127. The van der Waals surface area contributed by atoms with E-state index in [4.69, 9.17) is 14.2 Å².